The highest BCUT2D eigenvalue weighted by Gasteiger charge is 2.38. The van der Waals surface area contributed by atoms with E-state index in [4.69, 9.17) is 9.47 Å². The van der Waals surface area contributed by atoms with Gasteiger partial charge >= 0.3 is 5.97 Å². The number of hydrogen-bond acceptors (Lipinski definition) is 7. The molecule has 4 atom stereocenters. The molecule has 246 valence electrons. The van der Waals surface area contributed by atoms with Crippen molar-refractivity contribution in [1.82, 2.24) is 10.3 Å². The Balaban J connectivity index is 1.33. The van der Waals surface area contributed by atoms with Crippen molar-refractivity contribution < 1.29 is 51.2 Å². The third-order valence-electron chi connectivity index (χ3n) is 7.65. The van der Waals surface area contributed by atoms with Crippen molar-refractivity contribution in [2.75, 3.05) is 5.75 Å². The van der Waals surface area contributed by atoms with Gasteiger partial charge in [-0.2, -0.15) is 0 Å². The second kappa shape index (κ2) is 14.6. The molecule has 47 heavy (non-hydrogen) atoms. The maximum absolute atomic E-state index is 14.0. The van der Waals surface area contributed by atoms with Crippen LogP contribution in [-0.2, 0) is 22.6 Å². The number of thioether (sulfide) groups is 1. The van der Waals surface area contributed by atoms with Gasteiger partial charge in [-0.25, -0.2) is 31.7 Å². The van der Waals surface area contributed by atoms with Gasteiger partial charge in [0.1, 0.15) is 10.6 Å². The maximum atomic E-state index is 14.0. The SMILES string of the molecule is C[C@@H]1[C@H](CSc2ncccc2C(=O)O)O[C@H](c2ccc(CNC(=O)c3c(F)c(F)c(F)c(F)c3F)cc2)O[C@@H]1c1ccc(CO)cc1. The molecule has 1 aliphatic heterocycles. The molecule has 1 aromatic heterocycles. The number of nitrogens with one attached hydrogen (secondary N) is 1. The van der Waals surface area contributed by atoms with Crippen LogP contribution in [-0.4, -0.2) is 38.9 Å². The fraction of sp³-hybridized carbons (Fsp3) is 0.242. The molecule has 1 aliphatic rings. The van der Waals surface area contributed by atoms with E-state index in [9.17, 15) is 41.8 Å². The number of hydrogen-bond donors (Lipinski definition) is 3. The number of benzene rings is 3. The Morgan fingerprint density at radius 3 is 2.06 bits per heavy atom. The fourth-order valence-corrected chi connectivity index (χ4v) is 6.16. The molecule has 0 aliphatic carbocycles. The number of carbonyl (C=O) groups excluding carboxylic acids is 1. The predicted octanol–water partition coefficient (Wildman–Crippen LogP) is 6.48. The van der Waals surface area contributed by atoms with Gasteiger partial charge in [0.05, 0.1) is 24.4 Å². The Hall–Kier alpha value is -4.37. The topological polar surface area (TPSA) is 118 Å². The van der Waals surface area contributed by atoms with E-state index in [2.05, 4.69) is 10.3 Å². The molecule has 14 heteroatoms. The summed E-state index contributed by atoms with van der Waals surface area (Å²) in [4.78, 5) is 28.3. The highest BCUT2D eigenvalue weighted by molar-refractivity contribution is 7.99. The predicted molar refractivity (Wildman–Crippen MR) is 159 cm³/mol. The van der Waals surface area contributed by atoms with Crippen LogP contribution in [0.1, 0.15) is 62.3 Å². The van der Waals surface area contributed by atoms with E-state index in [0.29, 0.717) is 21.9 Å². The number of aliphatic hydroxyl groups excluding tert-OH is 1. The third kappa shape index (κ3) is 7.30. The summed E-state index contributed by atoms with van der Waals surface area (Å²) in [7, 11) is 0. The van der Waals surface area contributed by atoms with Crippen molar-refractivity contribution in [2.24, 2.45) is 5.92 Å². The summed E-state index contributed by atoms with van der Waals surface area (Å²) in [6, 6.07) is 16.7. The van der Waals surface area contributed by atoms with Crippen LogP contribution in [0.2, 0.25) is 0 Å². The average Bonchev–Trinajstić information content (AvgIpc) is 3.09. The quantitative estimate of drug-likeness (QED) is 0.0758. The first kappa shape index (κ1) is 34.0. The number of aromatic nitrogens is 1. The molecule has 3 N–H and O–H groups in total. The Labute approximate surface area is 269 Å². The second-order valence-corrected chi connectivity index (χ2v) is 11.7. The van der Waals surface area contributed by atoms with E-state index in [1.165, 1.54) is 30.1 Å². The molecule has 0 spiro atoms. The van der Waals surface area contributed by atoms with Gasteiger partial charge in [0, 0.05) is 30.0 Å². The van der Waals surface area contributed by atoms with Crippen LogP contribution in [0.4, 0.5) is 22.0 Å². The number of carboxylic acids is 1. The second-order valence-electron chi connectivity index (χ2n) is 10.7. The lowest BCUT2D eigenvalue weighted by atomic mass is 9.91. The van der Waals surface area contributed by atoms with Crippen molar-refractivity contribution in [3.63, 3.8) is 0 Å². The summed E-state index contributed by atoms with van der Waals surface area (Å²) in [5.74, 6) is -13.7. The van der Waals surface area contributed by atoms with Crippen LogP contribution >= 0.6 is 11.8 Å². The van der Waals surface area contributed by atoms with Gasteiger partial charge in [-0.15, -0.1) is 11.8 Å². The molecule has 2 heterocycles. The number of aromatic carboxylic acids is 1. The lowest BCUT2D eigenvalue weighted by Gasteiger charge is -2.41. The molecule has 0 unspecified atom stereocenters. The van der Waals surface area contributed by atoms with Crippen LogP contribution in [0.25, 0.3) is 0 Å². The molecular formula is C33H27F5N2O6S. The van der Waals surface area contributed by atoms with Crippen LogP contribution in [0, 0.1) is 35.0 Å². The highest BCUT2D eigenvalue weighted by atomic mass is 32.2. The van der Waals surface area contributed by atoms with E-state index in [1.54, 1.807) is 36.4 Å². The molecule has 0 bridgehead atoms. The minimum absolute atomic E-state index is 0.0627. The molecule has 1 saturated heterocycles. The van der Waals surface area contributed by atoms with Crippen molar-refractivity contribution in [1.29, 1.82) is 0 Å². The van der Waals surface area contributed by atoms with E-state index < -0.39 is 65.0 Å². The number of amides is 1. The van der Waals surface area contributed by atoms with Crippen molar-refractivity contribution in [3.8, 4) is 0 Å². The summed E-state index contributed by atoms with van der Waals surface area (Å²) in [6.07, 6.45) is -0.288. The minimum Gasteiger partial charge on any atom is -0.478 e. The van der Waals surface area contributed by atoms with Crippen LogP contribution in [0.15, 0.2) is 71.9 Å². The summed E-state index contributed by atoms with van der Waals surface area (Å²) >= 11 is 1.23. The van der Waals surface area contributed by atoms with Gasteiger partial charge in [-0.1, -0.05) is 55.5 Å². The number of carboxylic acid groups (broad SMARTS) is 1. The van der Waals surface area contributed by atoms with Crippen LogP contribution in [0.3, 0.4) is 0 Å². The van der Waals surface area contributed by atoms with E-state index >= 15 is 0 Å². The standard InChI is InChI=1S/C33H27F5N2O6S/c1-16-22(15-47-31-21(32(43)44)3-2-12-39-31)45-33(46-29(16)19-8-6-18(14-41)7-9-19)20-10-4-17(5-11-20)13-40-30(42)23-24(34)26(36)28(38)27(37)25(23)35/h2-12,16,22,29,33,41H,13-15H2,1H3,(H,40,42)(H,43,44)/t16-,22+,29+,33+/m1/s1. The zero-order valence-electron chi connectivity index (χ0n) is 24.6. The smallest absolute Gasteiger partial charge is 0.338 e. The van der Waals surface area contributed by atoms with Gasteiger partial charge in [0.15, 0.2) is 29.6 Å². The first-order valence-corrected chi connectivity index (χ1v) is 15.2. The molecule has 8 nitrogen and oxygen atoms in total. The number of pyridine rings is 1. The molecule has 4 aromatic rings. The first-order valence-electron chi connectivity index (χ1n) is 14.2. The molecule has 0 saturated carbocycles. The third-order valence-corrected chi connectivity index (χ3v) is 8.75. The Morgan fingerprint density at radius 1 is 0.851 bits per heavy atom. The van der Waals surface area contributed by atoms with E-state index in [0.717, 1.165) is 11.1 Å². The lowest BCUT2D eigenvalue weighted by molar-refractivity contribution is -0.268. The summed E-state index contributed by atoms with van der Waals surface area (Å²) in [5.41, 5.74) is 1.04. The largest absolute Gasteiger partial charge is 0.478 e. The van der Waals surface area contributed by atoms with Gasteiger partial charge in [0.2, 0.25) is 5.82 Å². The number of nitrogens with zero attached hydrogens (tertiary/aromatic N) is 1. The number of ether oxygens (including phenoxy) is 2. The molecule has 5 rings (SSSR count). The first-order chi connectivity index (χ1) is 22.5. The molecule has 0 radical (unpaired) electrons. The monoisotopic (exact) mass is 674 g/mol. The maximum Gasteiger partial charge on any atom is 0.338 e. The van der Waals surface area contributed by atoms with E-state index in [1.807, 2.05) is 19.1 Å². The van der Waals surface area contributed by atoms with Gasteiger partial charge in [-0.3, -0.25) is 4.79 Å². The van der Waals surface area contributed by atoms with Crippen LogP contribution in [0.5, 0.6) is 0 Å². The number of carbonyl (C=O) groups is 2. The van der Waals surface area contributed by atoms with Gasteiger partial charge in [-0.05, 0) is 28.8 Å². The highest BCUT2D eigenvalue weighted by Crippen LogP contribution is 2.43. The molecular weight excluding hydrogens is 647 g/mol. The van der Waals surface area contributed by atoms with Crippen molar-refractivity contribution in [2.45, 2.75) is 43.6 Å². The zero-order chi connectivity index (χ0) is 33.8. The fourth-order valence-electron chi connectivity index (χ4n) is 5.01. The van der Waals surface area contributed by atoms with Crippen LogP contribution < -0.4 is 5.32 Å². The normalized spacial score (nSPS) is 19.4. The Bertz CT molecular complexity index is 1750. The minimum atomic E-state index is -2.36. The zero-order valence-corrected chi connectivity index (χ0v) is 25.4. The average molecular weight is 675 g/mol. The Kier molecular flexibility index (Phi) is 10.5. The lowest BCUT2D eigenvalue weighted by Crippen LogP contribution is -2.38. The van der Waals surface area contributed by atoms with Crippen molar-refractivity contribution >= 4 is 23.6 Å². The summed E-state index contributed by atoms with van der Waals surface area (Å²) in [6.45, 7) is 1.52. The summed E-state index contributed by atoms with van der Waals surface area (Å²) in [5, 5.41) is 21.5. The number of aliphatic hydroxyl groups is 1. The molecule has 1 fully saturated rings. The summed E-state index contributed by atoms with van der Waals surface area (Å²) < 4.78 is 81.3. The Morgan fingerprint density at radius 2 is 1.45 bits per heavy atom. The van der Waals surface area contributed by atoms with E-state index in [-0.39, 0.29) is 24.6 Å². The number of halogens is 5. The van der Waals surface area contributed by atoms with Gasteiger partial charge in [0.25, 0.3) is 5.91 Å². The van der Waals surface area contributed by atoms with Crippen molar-refractivity contribution in [3.05, 3.63) is 129 Å². The van der Waals surface area contributed by atoms with Gasteiger partial charge < -0.3 is 25.0 Å². The number of rotatable bonds is 10. The molecule has 1 amide bonds. The molecule has 3 aromatic carbocycles.